The minimum absolute atomic E-state index is 0.190. The molecule has 2 aromatic heterocycles. The molecule has 21 heavy (non-hydrogen) atoms. The first kappa shape index (κ1) is 13.3. The van der Waals surface area contributed by atoms with Gasteiger partial charge in [0.05, 0.1) is 22.8 Å². The third-order valence-corrected chi connectivity index (χ3v) is 3.61. The molecule has 3 aromatic rings. The molecule has 0 fully saturated rings. The van der Waals surface area contributed by atoms with Gasteiger partial charge >= 0.3 is 0 Å². The third kappa shape index (κ3) is 2.27. The molecular formula is C12H8BrN5O3. The highest BCUT2D eigenvalue weighted by Crippen LogP contribution is 2.23. The van der Waals surface area contributed by atoms with Crippen LogP contribution in [-0.4, -0.2) is 20.2 Å². The van der Waals surface area contributed by atoms with Crippen LogP contribution in [0.15, 0.2) is 43.4 Å². The van der Waals surface area contributed by atoms with Crippen LogP contribution in [0.1, 0.15) is 0 Å². The number of H-pyrrole nitrogens is 3. The van der Waals surface area contributed by atoms with Crippen LogP contribution in [0.3, 0.4) is 0 Å². The van der Waals surface area contributed by atoms with Crippen LogP contribution in [0.5, 0.6) is 0 Å². The lowest BCUT2D eigenvalue weighted by molar-refractivity contribution is 0.976. The zero-order chi connectivity index (χ0) is 15.0. The Morgan fingerprint density at radius 1 is 1.05 bits per heavy atom. The standard InChI is InChI=1S/C12H8BrN5O3/c13-8-9(14-4-15-12(8)21)16-6-3-1-2-5-7(6)11(20)18-17-10(5)19/h1-4H,(H,17,19)(H,18,20)(H2,14,15,16,21). The van der Waals surface area contributed by atoms with E-state index in [1.54, 1.807) is 12.1 Å². The van der Waals surface area contributed by atoms with Crippen molar-refractivity contribution in [3.05, 3.63) is 60.1 Å². The fraction of sp³-hybridized carbons (Fsp3) is 0. The summed E-state index contributed by atoms with van der Waals surface area (Å²) in [6.07, 6.45) is 1.23. The van der Waals surface area contributed by atoms with Crippen molar-refractivity contribution in [3.8, 4) is 0 Å². The highest BCUT2D eigenvalue weighted by atomic mass is 79.9. The summed E-state index contributed by atoms with van der Waals surface area (Å²) in [5.41, 5.74) is -0.849. The van der Waals surface area contributed by atoms with Crippen molar-refractivity contribution in [1.29, 1.82) is 0 Å². The number of hydrogen-bond acceptors (Lipinski definition) is 5. The maximum atomic E-state index is 11.9. The van der Waals surface area contributed by atoms with Crippen LogP contribution >= 0.6 is 15.9 Å². The Labute approximate surface area is 124 Å². The van der Waals surface area contributed by atoms with E-state index in [2.05, 4.69) is 41.4 Å². The molecule has 0 aliphatic carbocycles. The SMILES string of the molecule is O=c1[nH]cnc(Nc2cccc3c(=O)[nH][nH]c(=O)c23)c1Br. The van der Waals surface area contributed by atoms with E-state index < -0.39 is 11.1 Å². The van der Waals surface area contributed by atoms with Crippen LogP contribution in [0.2, 0.25) is 0 Å². The Kier molecular flexibility index (Phi) is 3.18. The highest BCUT2D eigenvalue weighted by Gasteiger charge is 2.11. The summed E-state index contributed by atoms with van der Waals surface area (Å²) in [4.78, 5) is 41.5. The molecular weight excluding hydrogens is 342 g/mol. The number of nitrogens with one attached hydrogen (secondary N) is 4. The molecule has 3 rings (SSSR count). The predicted octanol–water partition coefficient (Wildman–Crippen LogP) is 0.806. The van der Waals surface area contributed by atoms with Crippen molar-refractivity contribution in [3.63, 3.8) is 0 Å². The summed E-state index contributed by atoms with van der Waals surface area (Å²) in [5.74, 6) is 0.242. The molecule has 0 aliphatic rings. The summed E-state index contributed by atoms with van der Waals surface area (Å²) in [6, 6.07) is 4.78. The predicted molar refractivity (Wildman–Crippen MR) is 81.0 cm³/mol. The molecule has 9 heteroatoms. The van der Waals surface area contributed by atoms with E-state index in [1.807, 2.05) is 0 Å². The van der Waals surface area contributed by atoms with E-state index in [0.717, 1.165) is 0 Å². The lowest BCUT2D eigenvalue weighted by Gasteiger charge is -2.08. The molecule has 1 aromatic carbocycles. The van der Waals surface area contributed by atoms with E-state index in [0.29, 0.717) is 5.69 Å². The first-order valence-electron chi connectivity index (χ1n) is 5.82. The van der Waals surface area contributed by atoms with Gasteiger partial charge in [-0.3, -0.25) is 24.6 Å². The van der Waals surface area contributed by atoms with E-state index in [1.165, 1.54) is 12.4 Å². The first-order valence-corrected chi connectivity index (χ1v) is 6.61. The number of aromatic amines is 3. The minimum Gasteiger partial charge on any atom is -0.338 e. The van der Waals surface area contributed by atoms with Crippen LogP contribution in [0.25, 0.3) is 10.8 Å². The number of fused-ring (bicyclic) bond motifs is 1. The number of halogens is 1. The van der Waals surface area contributed by atoms with Gasteiger partial charge < -0.3 is 10.3 Å². The zero-order valence-corrected chi connectivity index (χ0v) is 11.9. The Bertz CT molecular complexity index is 1000. The second kappa shape index (κ2) is 5.02. The number of anilines is 2. The Morgan fingerprint density at radius 2 is 1.81 bits per heavy atom. The Morgan fingerprint density at radius 3 is 2.62 bits per heavy atom. The molecule has 0 saturated carbocycles. The molecule has 0 saturated heterocycles. The highest BCUT2D eigenvalue weighted by molar-refractivity contribution is 9.10. The van der Waals surface area contributed by atoms with Gasteiger partial charge in [0.2, 0.25) is 0 Å². The van der Waals surface area contributed by atoms with Crippen molar-refractivity contribution in [2.75, 3.05) is 5.32 Å². The van der Waals surface area contributed by atoms with E-state index in [-0.39, 0.29) is 26.6 Å². The van der Waals surface area contributed by atoms with Crippen molar-refractivity contribution in [2.45, 2.75) is 0 Å². The molecule has 0 unspecified atom stereocenters. The summed E-state index contributed by atoms with van der Waals surface area (Å²) < 4.78 is 0.197. The first-order chi connectivity index (χ1) is 10.1. The fourth-order valence-electron chi connectivity index (χ4n) is 1.93. The molecule has 0 aliphatic heterocycles. The second-order valence-corrected chi connectivity index (χ2v) is 4.95. The van der Waals surface area contributed by atoms with Crippen LogP contribution in [0, 0.1) is 0 Å². The number of rotatable bonds is 2. The van der Waals surface area contributed by atoms with Gasteiger partial charge in [-0.05, 0) is 28.1 Å². The van der Waals surface area contributed by atoms with Gasteiger partial charge in [0.15, 0.2) is 5.82 Å². The number of aromatic nitrogens is 4. The molecule has 8 nitrogen and oxygen atoms in total. The van der Waals surface area contributed by atoms with Crippen molar-refractivity contribution < 1.29 is 0 Å². The van der Waals surface area contributed by atoms with E-state index in [9.17, 15) is 14.4 Å². The second-order valence-electron chi connectivity index (χ2n) is 4.16. The molecule has 0 bridgehead atoms. The van der Waals surface area contributed by atoms with Crippen LogP contribution in [0.4, 0.5) is 11.5 Å². The molecule has 0 radical (unpaired) electrons. The summed E-state index contributed by atoms with van der Waals surface area (Å²) >= 11 is 3.11. The lowest BCUT2D eigenvalue weighted by Crippen LogP contribution is -2.20. The quantitative estimate of drug-likeness (QED) is 0.545. The van der Waals surface area contributed by atoms with Gasteiger partial charge in [-0.15, -0.1) is 0 Å². The van der Waals surface area contributed by atoms with Gasteiger partial charge in [-0.25, -0.2) is 4.98 Å². The van der Waals surface area contributed by atoms with Gasteiger partial charge in [0.1, 0.15) is 4.47 Å². The molecule has 2 heterocycles. The van der Waals surface area contributed by atoms with Crippen molar-refractivity contribution >= 4 is 38.2 Å². The van der Waals surface area contributed by atoms with Crippen molar-refractivity contribution in [2.24, 2.45) is 0 Å². The smallest absolute Gasteiger partial charge is 0.272 e. The molecule has 4 N–H and O–H groups in total. The average molecular weight is 350 g/mol. The lowest BCUT2D eigenvalue weighted by atomic mass is 10.1. The molecule has 0 amide bonds. The number of hydrogen-bond donors (Lipinski definition) is 4. The number of nitrogens with zero attached hydrogens (tertiary/aromatic N) is 1. The summed E-state index contributed by atoms with van der Waals surface area (Å²) in [7, 11) is 0. The zero-order valence-electron chi connectivity index (χ0n) is 10.4. The normalized spacial score (nSPS) is 10.7. The van der Waals surface area contributed by atoms with Gasteiger partial charge in [-0.1, -0.05) is 6.07 Å². The van der Waals surface area contributed by atoms with Crippen LogP contribution < -0.4 is 22.0 Å². The molecule has 0 spiro atoms. The van der Waals surface area contributed by atoms with E-state index >= 15 is 0 Å². The monoisotopic (exact) mass is 349 g/mol. The Hall–Kier alpha value is -2.68. The Balaban J connectivity index is 2.25. The topological polar surface area (TPSA) is 123 Å². The number of benzene rings is 1. The van der Waals surface area contributed by atoms with E-state index in [4.69, 9.17) is 0 Å². The third-order valence-electron chi connectivity index (χ3n) is 2.88. The average Bonchev–Trinajstić information content (AvgIpc) is 2.48. The van der Waals surface area contributed by atoms with Crippen LogP contribution in [-0.2, 0) is 0 Å². The van der Waals surface area contributed by atoms with Crippen molar-refractivity contribution in [1.82, 2.24) is 20.2 Å². The molecule has 0 atom stereocenters. The maximum Gasteiger partial charge on any atom is 0.272 e. The van der Waals surface area contributed by atoms with Gasteiger partial charge in [0, 0.05) is 0 Å². The van der Waals surface area contributed by atoms with Gasteiger partial charge in [-0.2, -0.15) is 0 Å². The maximum absolute atomic E-state index is 11.9. The fourth-order valence-corrected chi connectivity index (χ4v) is 2.25. The largest absolute Gasteiger partial charge is 0.338 e. The summed E-state index contributed by atoms with van der Waals surface area (Å²) in [5, 5.41) is 7.82. The molecule has 106 valence electrons. The van der Waals surface area contributed by atoms with Gasteiger partial charge in [0.25, 0.3) is 16.7 Å². The minimum atomic E-state index is -0.450. The summed E-state index contributed by atoms with van der Waals surface area (Å²) in [6.45, 7) is 0.